The van der Waals surface area contributed by atoms with Crippen molar-refractivity contribution in [3.05, 3.63) is 45.9 Å². The Hall–Kier alpha value is -1.34. The molecule has 2 N–H and O–H groups in total. The zero-order chi connectivity index (χ0) is 18.5. The average Bonchev–Trinajstić information content (AvgIpc) is 3.08. The number of ether oxygens (including phenoxy) is 1. The number of hydrogen-bond acceptors (Lipinski definition) is 5. The minimum absolute atomic E-state index is 0. The second kappa shape index (κ2) is 11.6. The molecule has 1 aromatic carbocycles. The third-order valence-electron chi connectivity index (χ3n) is 4.95. The number of aryl methyl sites for hydroxylation is 1. The van der Waals surface area contributed by atoms with E-state index in [1.165, 1.54) is 5.56 Å². The fraction of sp³-hybridized carbons (Fsp3) is 0.500. The van der Waals surface area contributed by atoms with Gasteiger partial charge in [0.2, 0.25) is 5.91 Å². The van der Waals surface area contributed by atoms with Crippen LogP contribution in [0.2, 0.25) is 0 Å². The number of carbonyl (C=O) groups is 1. The van der Waals surface area contributed by atoms with Crippen LogP contribution in [0.25, 0.3) is 0 Å². The van der Waals surface area contributed by atoms with Gasteiger partial charge in [0, 0.05) is 24.5 Å². The number of carbonyl (C=O) groups excluding carboxylic acids is 1. The van der Waals surface area contributed by atoms with Crippen LogP contribution < -0.4 is 10.5 Å². The van der Waals surface area contributed by atoms with Crippen LogP contribution in [0.5, 0.6) is 5.75 Å². The number of nitrogens with two attached hydrogens (primary N) is 1. The fourth-order valence-electron chi connectivity index (χ4n) is 3.22. The van der Waals surface area contributed by atoms with E-state index in [-0.39, 0.29) is 36.8 Å². The molecule has 1 fully saturated rings. The number of piperidine rings is 1. The first-order valence-electron chi connectivity index (χ1n) is 9.17. The van der Waals surface area contributed by atoms with Crippen molar-refractivity contribution in [2.45, 2.75) is 45.8 Å². The van der Waals surface area contributed by atoms with E-state index in [1.807, 2.05) is 41.5 Å². The first-order valence-corrected chi connectivity index (χ1v) is 10.1. The van der Waals surface area contributed by atoms with Crippen molar-refractivity contribution in [3.8, 4) is 5.75 Å². The Bertz CT molecular complexity index is 729. The Morgan fingerprint density at radius 1 is 1.29 bits per heavy atom. The van der Waals surface area contributed by atoms with Gasteiger partial charge in [0.25, 0.3) is 0 Å². The lowest BCUT2D eigenvalue weighted by molar-refractivity contribution is -0.132. The van der Waals surface area contributed by atoms with E-state index in [9.17, 15) is 4.79 Å². The summed E-state index contributed by atoms with van der Waals surface area (Å²) in [6.45, 7) is 6.14. The first kappa shape index (κ1) is 24.7. The summed E-state index contributed by atoms with van der Waals surface area (Å²) in [5, 5.41) is 2.85. The molecule has 0 aliphatic carbocycles. The molecule has 5 nitrogen and oxygen atoms in total. The number of amides is 1. The minimum atomic E-state index is 0. The van der Waals surface area contributed by atoms with Gasteiger partial charge in [-0.25, -0.2) is 4.98 Å². The SMILES string of the molecule is Cc1ccc(OCc2nc(CC(=O)N3CCC(C(C)N)CC3)cs2)cc1.Cl.Cl. The first-order chi connectivity index (χ1) is 12.5. The van der Waals surface area contributed by atoms with Gasteiger partial charge in [0.05, 0.1) is 12.1 Å². The van der Waals surface area contributed by atoms with E-state index < -0.39 is 0 Å². The van der Waals surface area contributed by atoms with Gasteiger partial charge in [0.1, 0.15) is 17.4 Å². The standard InChI is InChI=1S/C20H27N3O2S.2ClH/c1-14-3-5-18(6-4-14)25-12-19-22-17(13-26-19)11-20(24)23-9-7-16(8-10-23)15(2)21;;/h3-6,13,15-16H,7-12,21H2,1-2H3;2*1H. The average molecular weight is 446 g/mol. The highest BCUT2D eigenvalue weighted by atomic mass is 35.5. The highest BCUT2D eigenvalue weighted by molar-refractivity contribution is 7.09. The number of benzene rings is 1. The van der Waals surface area contributed by atoms with E-state index in [0.717, 1.165) is 42.4 Å². The molecule has 0 saturated carbocycles. The molecule has 1 atom stereocenters. The summed E-state index contributed by atoms with van der Waals surface area (Å²) in [6, 6.07) is 8.17. The summed E-state index contributed by atoms with van der Waals surface area (Å²) in [7, 11) is 0. The van der Waals surface area contributed by atoms with Gasteiger partial charge in [0.15, 0.2) is 0 Å². The zero-order valence-corrected chi connectivity index (χ0v) is 18.7. The molecule has 3 rings (SSSR count). The van der Waals surface area contributed by atoms with Crippen LogP contribution in [0.3, 0.4) is 0 Å². The largest absolute Gasteiger partial charge is 0.486 e. The lowest BCUT2D eigenvalue weighted by atomic mass is 9.91. The lowest BCUT2D eigenvalue weighted by Crippen LogP contribution is -2.43. The van der Waals surface area contributed by atoms with Crippen molar-refractivity contribution in [2.75, 3.05) is 13.1 Å². The van der Waals surface area contributed by atoms with Gasteiger partial charge in [-0.15, -0.1) is 36.2 Å². The summed E-state index contributed by atoms with van der Waals surface area (Å²) in [6.07, 6.45) is 2.36. The highest BCUT2D eigenvalue weighted by Gasteiger charge is 2.25. The van der Waals surface area contributed by atoms with Gasteiger partial charge < -0.3 is 15.4 Å². The molecule has 1 aliphatic heterocycles. The molecule has 0 radical (unpaired) electrons. The molecule has 0 spiro atoms. The summed E-state index contributed by atoms with van der Waals surface area (Å²) in [4.78, 5) is 19.0. The highest BCUT2D eigenvalue weighted by Crippen LogP contribution is 2.21. The monoisotopic (exact) mass is 445 g/mol. The number of halogens is 2. The van der Waals surface area contributed by atoms with Crippen molar-refractivity contribution < 1.29 is 9.53 Å². The number of likely N-dealkylation sites (tertiary alicyclic amines) is 1. The zero-order valence-electron chi connectivity index (χ0n) is 16.3. The third-order valence-corrected chi connectivity index (χ3v) is 5.82. The van der Waals surface area contributed by atoms with E-state index >= 15 is 0 Å². The van der Waals surface area contributed by atoms with Gasteiger partial charge in [-0.05, 0) is 44.7 Å². The maximum atomic E-state index is 12.5. The smallest absolute Gasteiger partial charge is 0.228 e. The van der Waals surface area contributed by atoms with E-state index in [0.29, 0.717) is 18.9 Å². The van der Waals surface area contributed by atoms with E-state index in [1.54, 1.807) is 11.3 Å². The van der Waals surface area contributed by atoms with Crippen LogP contribution in [-0.2, 0) is 17.8 Å². The molecule has 1 amide bonds. The molecule has 156 valence electrons. The Kier molecular flexibility index (Phi) is 10.2. The van der Waals surface area contributed by atoms with Crippen molar-refractivity contribution in [1.29, 1.82) is 0 Å². The minimum Gasteiger partial charge on any atom is -0.486 e. The number of rotatable bonds is 6. The van der Waals surface area contributed by atoms with Gasteiger partial charge in [-0.1, -0.05) is 17.7 Å². The second-order valence-corrected chi connectivity index (χ2v) is 8.03. The maximum Gasteiger partial charge on any atom is 0.228 e. The van der Waals surface area contributed by atoms with Gasteiger partial charge in [-0.3, -0.25) is 4.79 Å². The number of thiazole rings is 1. The third kappa shape index (κ3) is 6.92. The van der Waals surface area contributed by atoms with Gasteiger partial charge in [-0.2, -0.15) is 0 Å². The molecule has 8 heteroatoms. The molecule has 2 aromatic rings. The summed E-state index contributed by atoms with van der Waals surface area (Å²) in [5.74, 6) is 1.52. The van der Waals surface area contributed by atoms with Crippen LogP contribution >= 0.6 is 36.2 Å². The number of aromatic nitrogens is 1. The van der Waals surface area contributed by atoms with Crippen LogP contribution in [0.1, 0.15) is 36.0 Å². The topological polar surface area (TPSA) is 68.5 Å². The van der Waals surface area contributed by atoms with Crippen molar-refractivity contribution in [2.24, 2.45) is 11.7 Å². The number of hydrogen-bond donors (Lipinski definition) is 1. The second-order valence-electron chi connectivity index (χ2n) is 7.09. The molecular weight excluding hydrogens is 417 g/mol. The predicted molar refractivity (Wildman–Crippen MR) is 119 cm³/mol. The maximum absolute atomic E-state index is 12.5. The normalized spacial score (nSPS) is 15.3. The molecule has 1 unspecified atom stereocenters. The van der Waals surface area contributed by atoms with Crippen molar-refractivity contribution >= 4 is 42.1 Å². The van der Waals surface area contributed by atoms with Crippen LogP contribution in [0.15, 0.2) is 29.6 Å². The Morgan fingerprint density at radius 3 is 2.54 bits per heavy atom. The molecule has 1 aromatic heterocycles. The fourth-order valence-corrected chi connectivity index (χ4v) is 3.92. The molecule has 1 saturated heterocycles. The Balaban J connectivity index is 0.00000196. The number of nitrogens with zero attached hydrogens (tertiary/aromatic N) is 2. The molecule has 1 aliphatic rings. The Morgan fingerprint density at radius 2 is 1.93 bits per heavy atom. The molecule has 28 heavy (non-hydrogen) atoms. The van der Waals surface area contributed by atoms with E-state index in [4.69, 9.17) is 10.5 Å². The Labute approximate surface area is 183 Å². The lowest BCUT2D eigenvalue weighted by Gasteiger charge is -2.33. The van der Waals surface area contributed by atoms with E-state index in [2.05, 4.69) is 11.9 Å². The van der Waals surface area contributed by atoms with Gasteiger partial charge >= 0.3 is 0 Å². The summed E-state index contributed by atoms with van der Waals surface area (Å²) in [5.41, 5.74) is 8.01. The molecule has 0 bridgehead atoms. The van der Waals surface area contributed by atoms with Crippen molar-refractivity contribution in [3.63, 3.8) is 0 Å². The summed E-state index contributed by atoms with van der Waals surface area (Å²) >= 11 is 1.54. The van der Waals surface area contributed by atoms with Crippen LogP contribution in [-0.4, -0.2) is 34.9 Å². The molecule has 2 heterocycles. The van der Waals surface area contributed by atoms with Crippen molar-refractivity contribution in [1.82, 2.24) is 9.88 Å². The predicted octanol–water partition coefficient (Wildman–Crippen LogP) is 4.00. The van der Waals surface area contributed by atoms with Crippen LogP contribution in [0.4, 0.5) is 0 Å². The van der Waals surface area contributed by atoms with Crippen LogP contribution in [0, 0.1) is 12.8 Å². The quantitative estimate of drug-likeness (QED) is 0.728. The molecular formula is C20H29Cl2N3O2S. The summed E-state index contributed by atoms with van der Waals surface area (Å²) < 4.78 is 5.76.